The molecular formula is C23H28N4O8S. The molecule has 0 bridgehead atoms. The molecule has 1 aromatic heterocycles. The molecule has 0 amide bonds. The number of nitrogen functional groups attached to an aromatic ring is 1. The third kappa shape index (κ3) is 5.98. The standard InChI is InChI=1S/C23H28N4O8S/c1-5-35-17-11-14(6-7-16(17)28)22(36(29,30)31)27-23-25-12-15(21(24)26-23)8-13-9-18(32-2)20(34-4)19(10-13)33-3/h6-7,9-12,22,28H,5,8H2,1-4H3,(H,29,30,31)(H3,24,25,26,27)/t22-/m0/s1. The number of benzene rings is 2. The number of aromatic hydroxyl groups is 1. The number of nitrogens with two attached hydrogens (primary N) is 1. The van der Waals surface area contributed by atoms with Crippen LogP contribution in [0.15, 0.2) is 36.5 Å². The van der Waals surface area contributed by atoms with Crippen LogP contribution in [0.3, 0.4) is 0 Å². The molecule has 0 aliphatic heterocycles. The zero-order chi connectivity index (χ0) is 26.5. The minimum Gasteiger partial charge on any atom is -0.504 e. The second-order valence-electron chi connectivity index (χ2n) is 7.51. The van der Waals surface area contributed by atoms with E-state index in [9.17, 15) is 18.1 Å². The van der Waals surface area contributed by atoms with Crippen molar-refractivity contribution in [3.05, 3.63) is 53.2 Å². The molecule has 5 N–H and O–H groups in total. The lowest BCUT2D eigenvalue weighted by atomic mass is 10.1. The van der Waals surface area contributed by atoms with Gasteiger partial charge in [-0.25, -0.2) is 4.98 Å². The van der Waals surface area contributed by atoms with Gasteiger partial charge in [0.05, 0.1) is 27.9 Å². The first kappa shape index (κ1) is 26.6. The maximum absolute atomic E-state index is 12.1. The highest BCUT2D eigenvalue weighted by atomic mass is 32.2. The van der Waals surface area contributed by atoms with Crippen molar-refractivity contribution in [1.29, 1.82) is 0 Å². The molecule has 0 fully saturated rings. The number of ether oxygens (including phenoxy) is 4. The zero-order valence-electron chi connectivity index (χ0n) is 20.2. The molecule has 0 aliphatic rings. The number of methoxy groups -OCH3 is 3. The van der Waals surface area contributed by atoms with Gasteiger partial charge < -0.3 is 35.1 Å². The molecule has 1 atom stereocenters. The number of aromatic nitrogens is 2. The quantitative estimate of drug-likeness (QED) is 0.272. The minimum atomic E-state index is -4.66. The Labute approximate surface area is 208 Å². The second kappa shape index (κ2) is 11.2. The fraction of sp³-hybridized carbons (Fsp3) is 0.304. The van der Waals surface area contributed by atoms with E-state index >= 15 is 0 Å². The van der Waals surface area contributed by atoms with Gasteiger partial charge in [0.2, 0.25) is 11.7 Å². The highest BCUT2D eigenvalue weighted by molar-refractivity contribution is 7.86. The van der Waals surface area contributed by atoms with E-state index < -0.39 is 15.5 Å². The summed E-state index contributed by atoms with van der Waals surface area (Å²) < 4.78 is 55.5. The Kier molecular flexibility index (Phi) is 8.27. The predicted molar refractivity (Wildman–Crippen MR) is 133 cm³/mol. The summed E-state index contributed by atoms with van der Waals surface area (Å²) in [6, 6.07) is 7.41. The number of hydrogen-bond acceptors (Lipinski definition) is 11. The van der Waals surface area contributed by atoms with Gasteiger partial charge in [-0.3, -0.25) is 4.55 Å². The van der Waals surface area contributed by atoms with Gasteiger partial charge >= 0.3 is 0 Å². The average molecular weight is 521 g/mol. The van der Waals surface area contributed by atoms with E-state index in [1.807, 2.05) is 0 Å². The van der Waals surface area contributed by atoms with Crippen molar-refractivity contribution in [2.75, 3.05) is 39.0 Å². The third-order valence-electron chi connectivity index (χ3n) is 5.16. The van der Waals surface area contributed by atoms with Crippen LogP contribution in [-0.4, -0.2) is 56.0 Å². The fourth-order valence-electron chi connectivity index (χ4n) is 3.50. The lowest BCUT2D eigenvalue weighted by Gasteiger charge is -2.18. The zero-order valence-corrected chi connectivity index (χ0v) is 21.0. The van der Waals surface area contributed by atoms with E-state index in [0.717, 1.165) is 5.56 Å². The molecule has 194 valence electrons. The number of hydrogen-bond donors (Lipinski definition) is 4. The molecule has 3 aromatic rings. The average Bonchev–Trinajstić information content (AvgIpc) is 2.84. The Morgan fingerprint density at radius 3 is 2.25 bits per heavy atom. The largest absolute Gasteiger partial charge is 0.504 e. The first-order valence-corrected chi connectivity index (χ1v) is 12.2. The van der Waals surface area contributed by atoms with Crippen molar-refractivity contribution in [2.45, 2.75) is 18.7 Å². The van der Waals surface area contributed by atoms with Crippen molar-refractivity contribution in [1.82, 2.24) is 9.97 Å². The van der Waals surface area contributed by atoms with Crippen LogP contribution in [0.5, 0.6) is 28.7 Å². The van der Waals surface area contributed by atoms with E-state index in [-0.39, 0.29) is 35.4 Å². The number of anilines is 2. The Bertz CT molecular complexity index is 1310. The van der Waals surface area contributed by atoms with E-state index in [1.54, 1.807) is 19.1 Å². The van der Waals surface area contributed by atoms with Gasteiger partial charge in [-0.15, -0.1) is 0 Å². The molecule has 0 radical (unpaired) electrons. The van der Waals surface area contributed by atoms with Crippen LogP contribution in [0, 0.1) is 0 Å². The fourth-order valence-corrected chi connectivity index (χ4v) is 4.24. The molecular weight excluding hydrogens is 492 g/mol. The first-order chi connectivity index (χ1) is 17.1. The third-order valence-corrected chi connectivity index (χ3v) is 6.15. The molecule has 1 heterocycles. The predicted octanol–water partition coefficient (Wildman–Crippen LogP) is 2.78. The molecule has 2 aromatic carbocycles. The van der Waals surface area contributed by atoms with Gasteiger partial charge in [0, 0.05) is 18.2 Å². The van der Waals surface area contributed by atoms with Crippen LogP contribution in [0.2, 0.25) is 0 Å². The van der Waals surface area contributed by atoms with Crippen molar-refractivity contribution in [2.24, 2.45) is 0 Å². The van der Waals surface area contributed by atoms with Crippen LogP contribution < -0.4 is 30.0 Å². The summed E-state index contributed by atoms with van der Waals surface area (Å²) in [7, 11) is -0.136. The van der Waals surface area contributed by atoms with E-state index in [0.29, 0.717) is 29.2 Å². The summed E-state index contributed by atoms with van der Waals surface area (Å²) in [6.45, 7) is 1.95. The number of phenolic OH excluding ortho intramolecular Hbond substituents is 1. The maximum atomic E-state index is 12.1. The lowest BCUT2D eigenvalue weighted by molar-refractivity contribution is 0.317. The summed E-state index contributed by atoms with van der Waals surface area (Å²) in [5.74, 6) is 1.25. The smallest absolute Gasteiger partial charge is 0.290 e. The Balaban J connectivity index is 1.89. The number of nitrogens with zero attached hydrogens (tertiary/aromatic N) is 2. The minimum absolute atomic E-state index is 0.0616. The van der Waals surface area contributed by atoms with Crippen LogP contribution in [0.25, 0.3) is 0 Å². The normalized spacial score (nSPS) is 12.0. The number of phenols is 1. The molecule has 0 aliphatic carbocycles. The van der Waals surface area contributed by atoms with Crippen molar-refractivity contribution >= 4 is 21.9 Å². The Morgan fingerprint density at radius 1 is 1.06 bits per heavy atom. The summed E-state index contributed by atoms with van der Waals surface area (Å²) in [5, 5.41) is 10.8. The van der Waals surface area contributed by atoms with Crippen molar-refractivity contribution < 1.29 is 37.0 Å². The molecule has 12 nitrogen and oxygen atoms in total. The van der Waals surface area contributed by atoms with E-state index in [4.69, 9.17) is 24.7 Å². The molecule has 36 heavy (non-hydrogen) atoms. The van der Waals surface area contributed by atoms with Gasteiger partial charge in [0.15, 0.2) is 28.4 Å². The summed E-state index contributed by atoms with van der Waals surface area (Å²) in [4.78, 5) is 8.32. The molecule has 0 spiro atoms. The van der Waals surface area contributed by atoms with E-state index in [1.165, 1.54) is 45.7 Å². The van der Waals surface area contributed by atoms with Crippen LogP contribution in [0.4, 0.5) is 11.8 Å². The molecule has 0 saturated heterocycles. The van der Waals surface area contributed by atoms with Crippen LogP contribution in [-0.2, 0) is 16.5 Å². The van der Waals surface area contributed by atoms with Crippen molar-refractivity contribution in [3.8, 4) is 28.7 Å². The van der Waals surface area contributed by atoms with Gasteiger partial charge in [0.25, 0.3) is 10.1 Å². The Hall–Kier alpha value is -3.97. The van der Waals surface area contributed by atoms with Crippen LogP contribution in [0.1, 0.15) is 29.0 Å². The van der Waals surface area contributed by atoms with Gasteiger partial charge in [-0.05, 0) is 42.3 Å². The van der Waals surface area contributed by atoms with Crippen LogP contribution >= 0.6 is 0 Å². The van der Waals surface area contributed by atoms with Gasteiger partial charge in [-0.2, -0.15) is 13.4 Å². The second-order valence-corrected chi connectivity index (χ2v) is 9.02. The summed E-state index contributed by atoms with van der Waals surface area (Å²) in [5.41, 5.74) is 7.57. The van der Waals surface area contributed by atoms with Crippen molar-refractivity contribution in [3.63, 3.8) is 0 Å². The maximum Gasteiger partial charge on any atom is 0.290 e. The summed E-state index contributed by atoms with van der Waals surface area (Å²) in [6.07, 6.45) is 1.76. The van der Waals surface area contributed by atoms with E-state index in [2.05, 4.69) is 15.3 Å². The molecule has 0 saturated carbocycles. The number of rotatable bonds is 11. The molecule has 13 heteroatoms. The first-order valence-electron chi connectivity index (χ1n) is 10.7. The van der Waals surface area contributed by atoms with Gasteiger partial charge in [0.1, 0.15) is 5.82 Å². The highest BCUT2D eigenvalue weighted by Gasteiger charge is 2.27. The SMILES string of the molecule is CCOc1cc([C@@H](Nc2ncc(Cc3cc(OC)c(OC)c(OC)c3)c(N)n2)S(=O)(=O)O)ccc1O. The molecule has 3 rings (SSSR count). The number of nitrogens with one attached hydrogen (secondary N) is 1. The van der Waals surface area contributed by atoms with Gasteiger partial charge in [-0.1, -0.05) is 6.07 Å². The Morgan fingerprint density at radius 2 is 1.72 bits per heavy atom. The lowest BCUT2D eigenvalue weighted by Crippen LogP contribution is -2.22. The highest BCUT2D eigenvalue weighted by Crippen LogP contribution is 2.39. The monoisotopic (exact) mass is 520 g/mol. The molecule has 0 unspecified atom stereocenters. The topological polar surface area (TPSA) is 175 Å². The summed E-state index contributed by atoms with van der Waals surface area (Å²) >= 11 is 0.